The molecule has 1 N–H and O–H groups in total. The summed E-state index contributed by atoms with van der Waals surface area (Å²) in [6, 6.07) is 8.16. The normalized spacial score (nSPS) is 10.1. The van der Waals surface area contributed by atoms with Gasteiger partial charge in [-0.05, 0) is 25.0 Å². The number of rotatable bonds is 8. The molecule has 2 heteroatoms. The molecule has 0 saturated carbocycles. The topological polar surface area (TPSA) is 21.3 Å². The van der Waals surface area contributed by atoms with Gasteiger partial charge in [0.1, 0.15) is 5.75 Å². The van der Waals surface area contributed by atoms with Crippen LogP contribution in [0.3, 0.4) is 0 Å². The van der Waals surface area contributed by atoms with Crippen molar-refractivity contribution in [1.29, 1.82) is 0 Å². The van der Waals surface area contributed by atoms with Crippen LogP contribution >= 0.6 is 0 Å². The number of benzene rings is 1. The van der Waals surface area contributed by atoms with Gasteiger partial charge in [0.15, 0.2) is 0 Å². The lowest BCUT2D eigenvalue weighted by atomic mass is 10.2. The zero-order valence-electron chi connectivity index (χ0n) is 10.5. The van der Waals surface area contributed by atoms with E-state index in [4.69, 9.17) is 4.74 Å². The molecule has 0 fully saturated rings. The van der Waals surface area contributed by atoms with E-state index in [0.717, 1.165) is 37.4 Å². The van der Waals surface area contributed by atoms with Gasteiger partial charge in [0.05, 0.1) is 12.3 Å². The monoisotopic (exact) mass is 221 g/mol. The van der Waals surface area contributed by atoms with Crippen LogP contribution in [0.2, 0.25) is 0 Å². The highest BCUT2D eigenvalue weighted by molar-refractivity contribution is 5.56. The lowest BCUT2D eigenvalue weighted by Crippen LogP contribution is -2.04. The first kappa shape index (κ1) is 12.9. The molecule has 1 aromatic carbocycles. The molecule has 0 heterocycles. The summed E-state index contributed by atoms with van der Waals surface area (Å²) in [5.74, 6) is 0.979. The zero-order valence-corrected chi connectivity index (χ0v) is 10.5. The van der Waals surface area contributed by atoms with Crippen LogP contribution in [-0.4, -0.2) is 13.2 Å². The van der Waals surface area contributed by atoms with E-state index >= 15 is 0 Å². The van der Waals surface area contributed by atoms with Crippen molar-refractivity contribution in [2.75, 3.05) is 18.5 Å². The van der Waals surface area contributed by atoms with E-state index in [1.54, 1.807) is 0 Å². The number of unbranched alkanes of at least 4 members (excludes halogenated alkanes) is 2. The average Bonchev–Trinajstić information content (AvgIpc) is 2.33. The van der Waals surface area contributed by atoms with Crippen molar-refractivity contribution < 1.29 is 4.74 Å². The van der Waals surface area contributed by atoms with Crippen molar-refractivity contribution in [1.82, 2.24) is 0 Å². The van der Waals surface area contributed by atoms with E-state index < -0.39 is 0 Å². The molecule has 0 aliphatic heterocycles. The first-order chi connectivity index (χ1) is 7.88. The fourth-order valence-electron chi connectivity index (χ4n) is 1.53. The SMILES string of the molecule is CCCCCOc1ccccc1NCCC. The molecule has 0 saturated heterocycles. The molecular weight excluding hydrogens is 198 g/mol. The minimum absolute atomic E-state index is 0.818. The number of para-hydroxylation sites is 2. The van der Waals surface area contributed by atoms with Crippen LogP contribution in [-0.2, 0) is 0 Å². The number of hydrogen-bond donors (Lipinski definition) is 1. The van der Waals surface area contributed by atoms with Crippen molar-refractivity contribution in [3.05, 3.63) is 24.3 Å². The number of nitrogens with one attached hydrogen (secondary N) is 1. The lowest BCUT2D eigenvalue weighted by Gasteiger charge is -2.12. The first-order valence-electron chi connectivity index (χ1n) is 6.34. The highest BCUT2D eigenvalue weighted by Gasteiger charge is 2.00. The van der Waals surface area contributed by atoms with E-state index in [-0.39, 0.29) is 0 Å². The Hall–Kier alpha value is -1.18. The van der Waals surface area contributed by atoms with Crippen LogP contribution in [0.1, 0.15) is 39.5 Å². The summed E-state index contributed by atoms with van der Waals surface area (Å²) in [5.41, 5.74) is 1.11. The van der Waals surface area contributed by atoms with E-state index in [1.807, 2.05) is 18.2 Å². The molecule has 0 radical (unpaired) electrons. The standard InChI is InChI=1S/C14H23NO/c1-3-5-8-12-16-14-10-7-6-9-13(14)15-11-4-2/h6-7,9-10,15H,3-5,8,11-12H2,1-2H3. The minimum Gasteiger partial charge on any atom is -0.491 e. The van der Waals surface area contributed by atoms with E-state index in [9.17, 15) is 0 Å². The van der Waals surface area contributed by atoms with Gasteiger partial charge in [-0.3, -0.25) is 0 Å². The Bertz CT molecular complexity index is 286. The fraction of sp³-hybridized carbons (Fsp3) is 0.571. The lowest BCUT2D eigenvalue weighted by molar-refractivity contribution is 0.307. The Kier molecular flexibility index (Phi) is 6.47. The molecule has 90 valence electrons. The van der Waals surface area contributed by atoms with Crippen molar-refractivity contribution >= 4 is 5.69 Å². The summed E-state index contributed by atoms with van der Waals surface area (Å²) in [7, 11) is 0. The molecule has 0 aliphatic rings. The maximum atomic E-state index is 5.77. The maximum Gasteiger partial charge on any atom is 0.142 e. The molecule has 16 heavy (non-hydrogen) atoms. The second-order valence-corrected chi connectivity index (χ2v) is 3.98. The summed E-state index contributed by atoms with van der Waals surface area (Å²) in [4.78, 5) is 0. The predicted octanol–water partition coefficient (Wildman–Crippen LogP) is 4.08. The third kappa shape index (κ3) is 4.56. The van der Waals surface area contributed by atoms with Crippen molar-refractivity contribution in [3.8, 4) is 5.75 Å². The van der Waals surface area contributed by atoms with Gasteiger partial charge in [-0.1, -0.05) is 38.8 Å². The fourth-order valence-corrected chi connectivity index (χ4v) is 1.53. The van der Waals surface area contributed by atoms with E-state index in [1.165, 1.54) is 12.8 Å². The van der Waals surface area contributed by atoms with Crippen LogP contribution in [0.15, 0.2) is 24.3 Å². The Morgan fingerprint density at radius 3 is 2.62 bits per heavy atom. The molecule has 2 nitrogen and oxygen atoms in total. The van der Waals surface area contributed by atoms with Crippen molar-refractivity contribution in [2.45, 2.75) is 39.5 Å². The van der Waals surface area contributed by atoms with Crippen LogP contribution in [0.25, 0.3) is 0 Å². The summed E-state index contributed by atoms with van der Waals surface area (Å²) < 4.78 is 5.77. The van der Waals surface area contributed by atoms with E-state index in [2.05, 4.69) is 25.2 Å². The summed E-state index contributed by atoms with van der Waals surface area (Å²) in [6.45, 7) is 6.18. The molecule has 0 bridgehead atoms. The van der Waals surface area contributed by atoms with Crippen molar-refractivity contribution in [3.63, 3.8) is 0 Å². The number of hydrogen-bond acceptors (Lipinski definition) is 2. The van der Waals surface area contributed by atoms with E-state index in [0.29, 0.717) is 0 Å². The maximum absolute atomic E-state index is 5.77. The van der Waals surface area contributed by atoms with Gasteiger partial charge >= 0.3 is 0 Å². The number of ether oxygens (including phenoxy) is 1. The smallest absolute Gasteiger partial charge is 0.142 e. The Morgan fingerprint density at radius 2 is 1.88 bits per heavy atom. The number of anilines is 1. The van der Waals surface area contributed by atoms with Crippen LogP contribution in [0, 0.1) is 0 Å². The van der Waals surface area contributed by atoms with Gasteiger partial charge < -0.3 is 10.1 Å². The summed E-state index contributed by atoms with van der Waals surface area (Å²) in [6.07, 6.45) is 4.74. The second-order valence-electron chi connectivity index (χ2n) is 3.98. The van der Waals surface area contributed by atoms with Gasteiger partial charge in [0.25, 0.3) is 0 Å². The molecular formula is C14H23NO. The summed E-state index contributed by atoms with van der Waals surface area (Å²) >= 11 is 0. The minimum atomic E-state index is 0.818. The highest BCUT2D eigenvalue weighted by Crippen LogP contribution is 2.23. The summed E-state index contributed by atoms with van der Waals surface area (Å²) in [5, 5.41) is 3.38. The second kappa shape index (κ2) is 8.03. The van der Waals surface area contributed by atoms with Crippen molar-refractivity contribution in [2.24, 2.45) is 0 Å². The molecule has 0 aliphatic carbocycles. The van der Waals surface area contributed by atoms with Crippen LogP contribution in [0.4, 0.5) is 5.69 Å². The largest absolute Gasteiger partial charge is 0.491 e. The predicted molar refractivity (Wildman–Crippen MR) is 70.2 cm³/mol. The Morgan fingerprint density at radius 1 is 1.06 bits per heavy atom. The van der Waals surface area contributed by atoms with Gasteiger partial charge in [-0.2, -0.15) is 0 Å². The third-order valence-corrected chi connectivity index (χ3v) is 2.46. The van der Waals surface area contributed by atoms with Crippen LogP contribution < -0.4 is 10.1 Å². The zero-order chi connectivity index (χ0) is 11.6. The molecule has 0 spiro atoms. The molecule has 0 atom stereocenters. The molecule has 1 rings (SSSR count). The quantitative estimate of drug-likeness (QED) is 0.668. The first-order valence-corrected chi connectivity index (χ1v) is 6.34. The highest BCUT2D eigenvalue weighted by atomic mass is 16.5. The molecule has 0 amide bonds. The van der Waals surface area contributed by atoms with Gasteiger partial charge in [0, 0.05) is 6.54 Å². The molecule has 0 aromatic heterocycles. The van der Waals surface area contributed by atoms with Gasteiger partial charge in [-0.25, -0.2) is 0 Å². The molecule has 0 unspecified atom stereocenters. The van der Waals surface area contributed by atoms with Gasteiger partial charge in [0.2, 0.25) is 0 Å². The average molecular weight is 221 g/mol. The molecule has 1 aromatic rings. The van der Waals surface area contributed by atoms with Gasteiger partial charge in [-0.15, -0.1) is 0 Å². The third-order valence-electron chi connectivity index (χ3n) is 2.46. The Labute approximate surface area is 99.0 Å². The van der Waals surface area contributed by atoms with Crippen LogP contribution in [0.5, 0.6) is 5.75 Å². The Balaban J connectivity index is 2.43.